The van der Waals surface area contributed by atoms with Gasteiger partial charge in [0.1, 0.15) is 0 Å². The number of benzene rings is 2. The summed E-state index contributed by atoms with van der Waals surface area (Å²) < 4.78 is 0.916. The van der Waals surface area contributed by atoms with Gasteiger partial charge in [-0.25, -0.2) is 0 Å². The molecule has 0 saturated carbocycles. The second-order valence-electron chi connectivity index (χ2n) is 4.37. The lowest BCUT2D eigenvalue weighted by Gasteiger charge is -2.16. The lowest BCUT2D eigenvalue weighted by Crippen LogP contribution is -2.18. The zero-order chi connectivity index (χ0) is 13.8. The van der Waals surface area contributed by atoms with Crippen LogP contribution in [-0.4, -0.2) is 0 Å². The first-order chi connectivity index (χ1) is 9.08. The van der Waals surface area contributed by atoms with E-state index in [9.17, 15) is 0 Å². The van der Waals surface area contributed by atoms with Crippen LogP contribution >= 0.6 is 39.1 Å². The van der Waals surface area contributed by atoms with Crippen LogP contribution in [0.2, 0.25) is 10.0 Å². The summed E-state index contributed by atoms with van der Waals surface area (Å²) in [5, 5.41) is 4.97. The number of halogens is 3. The number of rotatable bonds is 4. The standard InChI is InChI=1S/C15H14BrCl2N/c1-10(12-4-2-3-5-14(12)17)19-9-11-6-7-15(18)13(16)8-11/h2-8,10,19H,9H2,1H3/t10-/m1/s1. The van der Waals surface area contributed by atoms with E-state index in [1.807, 2.05) is 42.5 Å². The second kappa shape index (κ2) is 6.76. The summed E-state index contributed by atoms with van der Waals surface area (Å²) in [5.74, 6) is 0. The Kier molecular flexibility index (Phi) is 5.28. The fourth-order valence-electron chi connectivity index (χ4n) is 1.86. The van der Waals surface area contributed by atoms with E-state index >= 15 is 0 Å². The van der Waals surface area contributed by atoms with Crippen LogP contribution in [0, 0.1) is 0 Å². The quantitative estimate of drug-likeness (QED) is 0.749. The molecule has 0 fully saturated rings. The molecule has 0 amide bonds. The summed E-state index contributed by atoms with van der Waals surface area (Å²) in [6, 6.07) is 14.0. The van der Waals surface area contributed by atoms with Crippen molar-refractivity contribution in [1.29, 1.82) is 0 Å². The van der Waals surface area contributed by atoms with E-state index in [-0.39, 0.29) is 6.04 Å². The minimum absolute atomic E-state index is 0.197. The molecule has 1 nitrogen and oxygen atoms in total. The smallest absolute Gasteiger partial charge is 0.0548 e. The van der Waals surface area contributed by atoms with Crippen LogP contribution in [0.1, 0.15) is 24.1 Å². The zero-order valence-electron chi connectivity index (χ0n) is 10.5. The first-order valence-electron chi connectivity index (χ1n) is 5.99. The minimum Gasteiger partial charge on any atom is -0.306 e. The molecule has 0 aromatic heterocycles. The van der Waals surface area contributed by atoms with Gasteiger partial charge in [0.2, 0.25) is 0 Å². The molecule has 0 heterocycles. The van der Waals surface area contributed by atoms with E-state index in [4.69, 9.17) is 23.2 Å². The van der Waals surface area contributed by atoms with E-state index in [1.54, 1.807) is 0 Å². The highest BCUT2D eigenvalue weighted by molar-refractivity contribution is 9.10. The van der Waals surface area contributed by atoms with Gasteiger partial charge in [0.05, 0.1) is 5.02 Å². The van der Waals surface area contributed by atoms with Crippen molar-refractivity contribution in [2.45, 2.75) is 19.5 Å². The summed E-state index contributed by atoms with van der Waals surface area (Å²) in [5.41, 5.74) is 2.28. The molecule has 1 atom stereocenters. The van der Waals surface area contributed by atoms with Crippen LogP contribution in [0.4, 0.5) is 0 Å². The molecule has 100 valence electrons. The van der Waals surface area contributed by atoms with Crippen molar-refractivity contribution in [3.63, 3.8) is 0 Å². The fraction of sp³-hybridized carbons (Fsp3) is 0.200. The summed E-state index contributed by atoms with van der Waals surface area (Å²) >= 11 is 15.6. The van der Waals surface area contributed by atoms with Gasteiger partial charge in [-0.05, 0) is 52.2 Å². The van der Waals surface area contributed by atoms with Crippen molar-refractivity contribution in [2.24, 2.45) is 0 Å². The Bertz CT molecular complexity index is 572. The molecule has 0 saturated heterocycles. The molecule has 1 N–H and O–H groups in total. The van der Waals surface area contributed by atoms with Crippen molar-refractivity contribution >= 4 is 39.1 Å². The molecule has 0 unspecified atom stereocenters. The normalized spacial score (nSPS) is 12.4. The third-order valence-electron chi connectivity index (χ3n) is 2.97. The van der Waals surface area contributed by atoms with Gasteiger partial charge < -0.3 is 5.32 Å². The highest BCUT2D eigenvalue weighted by Gasteiger charge is 2.08. The molecule has 0 bridgehead atoms. The van der Waals surface area contributed by atoms with Gasteiger partial charge in [-0.2, -0.15) is 0 Å². The predicted octanol–water partition coefficient (Wildman–Crippen LogP) is 5.61. The van der Waals surface area contributed by atoms with E-state index in [1.165, 1.54) is 5.56 Å². The van der Waals surface area contributed by atoms with Crippen LogP contribution in [0.15, 0.2) is 46.9 Å². The predicted molar refractivity (Wildman–Crippen MR) is 85.9 cm³/mol. The minimum atomic E-state index is 0.197. The Balaban J connectivity index is 2.02. The lowest BCUT2D eigenvalue weighted by molar-refractivity contribution is 0.575. The summed E-state index contributed by atoms with van der Waals surface area (Å²) in [7, 11) is 0. The van der Waals surface area contributed by atoms with Gasteiger partial charge in [-0.3, -0.25) is 0 Å². The van der Waals surface area contributed by atoms with Crippen LogP contribution in [0.5, 0.6) is 0 Å². The molecule has 2 aromatic rings. The van der Waals surface area contributed by atoms with Crippen molar-refractivity contribution in [3.8, 4) is 0 Å². The molecule has 0 spiro atoms. The maximum atomic E-state index is 6.18. The van der Waals surface area contributed by atoms with Gasteiger partial charge in [0.25, 0.3) is 0 Å². The van der Waals surface area contributed by atoms with Crippen LogP contribution in [-0.2, 0) is 6.54 Å². The molecule has 0 aliphatic heterocycles. The van der Waals surface area contributed by atoms with Crippen LogP contribution in [0.25, 0.3) is 0 Å². The van der Waals surface area contributed by atoms with Crippen molar-refractivity contribution in [1.82, 2.24) is 5.32 Å². The van der Waals surface area contributed by atoms with Crippen LogP contribution in [0.3, 0.4) is 0 Å². The number of hydrogen-bond acceptors (Lipinski definition) is 1. The molecule has 0 radical (unpaired) electrons. The molecule has 0 aliphatic rings. The topological polar surface area (TPSA) is 12.0 Å². The van der Waals surface area contributed by atoms with Gasteiger partial charge in [0, 0.05) is 22.1 Å². The Hall–Kier alpha value is -0.540. The molecule has 19 heavy (non-hydrogen) atoms. The Morgan fingerprint density at radius 1 is 1.11 bits per heavy atom. The first-order valence-corrected chi connectivity index (χ1v) is 7.54. The van der Waals surface area contributed by atoms with Gasteiger partial charge in [-0.1, -0.05) is 47.5 Å². The van der Waals surface area contributed by atoms with E-state index < -0.39 is 0 Å². The van der Waals surface area contributed by atoms with Gasteiger partial charge in [-0.15, -0.1) is 0 Å². The van der Waals surface area contributed by atoms with Gasteiger partial charge in [0.15, 0.2) is 0 Å². The molecular weight excluding hydrogens is 345 g/mol. The van der Waals surface area contributed by atoms with E-state index in [0.717, 1.165) is 26.6 Å². The average Bonchev–Trinajstić information content (AvgIpc) is 2.40. The highest BCUT2D eigenvalue weighted by atomic mass is 79.9. The fourth-order valence-corrected chi connectivity index (χ4v) is 2.70. The molecule has 4 heteroatoms. The third-order valence-corrected chi connectivity index (χ3v) is 4.53. The SMILES string of the molecule is C[C@@H](NCc1ccc(Cl)c(Br)c1)c1ccccc1Cl. The van der Waals surface area contributed by atoms with Crippen molar-refractivity contribution in [2.75, 3.05) is 0 Å². The first kappa shape index (κ1) is 14.9. The Morgan fingerprint density at radius 2 is 1.84 bits per heavy atom. The largest absolute Gasteiger partial charge is 0.306 e. The molecular formula is C15H14BrCl2N. The van der Waals surface area contributed by atoms with Crippen molar-refractivity contribution < 1.29 is 0 Å². The third kappa shape index (κ3) is 3.96. The molecule has 0 aliphatic carbocycles. The maximum absolute atomic E-state index is 6.18. The summed E-state index contributed by atoms with van der Waals surface area (Å²) in [6.07, 6.45) is 0. The Morgan fingerprint density at radius 3 is 2.53 bits per heavy atom. The lowest BCUT2D eigenvalue weighted by atomic mass is 10.1. The van der Waals surface area contributed by atoms with Crippen molar-refractivity contribution in [3.05, 3.63) is 68.1 Å². The summed E-state index contributed by atoms with van der Waals surface area (Å²) in [4.78, 5) is 0. The maximum Gasteiger partial charge on any atom is 0.0548 e. The second-order valence-corrected chi connectivity index (χ2v) is 6.04. The molecule has 2 aromatic carbocycles. The number of hydrogen-bond donors (Lipinski definition) is 1. The summed E-state index contributed by atoms with van der Waals surface area (Å²) in [6.45, 7) is 2.87. The monoisotopic (exact) mass is 357 g/mol. The highest BCUT2D eigenvalue weighted by Crippen LogP contribution is 2.25. The Labute approximate surface area is 132 Å². The number of nitrogens with one attached hydrogen (secondary N) is 1. The van der Waals surface area contributed by atoms with E-state index in [0.29, 0.717) is 0 Å². The van der Waals surface area contributed by atoms with Gasteiger partial charge >= 0.3 is 0 Å². The van der Waals surface area contributed by atoms with Crippen LogP contribution < -0.4 is 5.32 Å². The average molecular weight is 359 g/mol. The zero-order valence-corrected chi connectivity index (χ0v) is 13.6. The molecule has 2 rings (SSSR count). The van der Waals surface area contributed by atoms with E-state index in [2.05, 4.69) is 28.2 Å².